The maximum atomic E-state index is 12.3. The number of para-hydroxylation sites is 1. The Labute approximate surface area is 142 Å². The first-order valence-corrected chi connectivity index (χ1v) is 9.00. The third-order valence-electron chi connectivity index (χ3n) is 2.67. The van der Waals surface area contributed by atoms with Crippen molar-refractivity contribution in [3.63, 3.8) is 0 Å². The molecule has 118 valence electrons. The molecule has 2 aromatic rings. The normalized spacial score (nSPS) is 12.0. The van der Waals surface area contributed by atoms with Gasteiger partial charge in [-0.1, -0.05) is 60.7 Å². The number of amides is 1. The molecule has 0 fully saturated rings. The first-order chi connectivity index (χ1) is 10.6. The van der Waals surface area contributed by atoms with E-state index in [1.165, 1.54) is 11.3 Å². The first-order valence-electron chi connectivity index (χ1n) is 6.82. The Bertz CT molecular complexity index is 636. The van der Waals surface area contributed by atoms with E-state index in [0.29, 0.717) is 22.3 Å². The number of hydrogen-bond donors (Lipinski definition) is 1. The van der Waals surface area contributed by atoms with Crippen molar-refractivity contribution < 1.29 is 9.53 Å². The number of nitrogens with zero attached hydrogens (tertiary/aromatic N) is 2. The maximum absolute atomic E-state index is 12.3. The van der Waals surface area contributed by atoms with Gasteiger partial charge in [-0.2, -0.15) is 0 Å². The summed E-state index contributed by atoms with van der Waals surface area (Å²) in [5.74, 6) is 1.15. The van der Waals surface area contributed by atoms with Crippen LogP contribution in [0.2, 0.25) is 5.02 Å². The molecule has 0 aliphatic heterocycles. The monoisotopic (exact) mass is 357 g/mol. The second-order valence-electron chi connectivity index (χ2n) is 4.24. The third kappa shape index (κ3) is 4.59. The predicted molar refractivity (Wildman–Crippen MR) is 91.1 cm³/mol. The second-order valence-corrected chi connectivity index (χ2v) is 7.14. The molecule has 0 radical (unpaired) electrons. The van der Waals surface area contributed by atoms with E-state index >= 15 is 0 Å². The second kappa shape index (κ2) is 8.36. The molecule has 0 bridgehead atoms. The lowest BCUT2D eigenvalue weighted by molar-refractivity contribution is -0.122. The predicted octanol–water partition coefficient (Wildman–Crippen LogP) is 4.10. The summed E-state index contributed by atoms with van der Waals surface area (Å²) in [5, 5.41) is 11.6. The lowest BCUT2D eigenvalue weighted by Gasteiger charge is -2.17. The fourth-order valence-corrected chi connectivity index (χ4v) is 3.48. The Balaban J connectivity index is 2.00. The highest BCUT2D eigenvalue weighted by molar-refractivity contribution is 8.01. The van der Waals surface area contributed by atoms with Gasteiger partial charge in [-0.15, -0.1) is 10.2 Å². The molecule has 1 aromatic carbocycles. The van der Waals surface area contributed by atoms with Gasteiger partial charge < -0.3 is 4.74 Å². The Kier molecular flexibility index (Phi) is 6.48. The van der Waals surface area contributed by atoms with E-state index in [1.54, 1.807) is 23.9 Å². The van der Waals surface area contributed by atoms with Crippen LogP contribution in [0.15, 0.2) is 28.6 Å². The number of aromatic nitrogens is 2. The quantitative estimate of drug-likeness (QED) is 0.597. The van der Waals surface area contributed by atoms with E-state index in [2.05, 4.69) is 15.5 Å². The van der Waals surface area contributed by atoms with Crippen LogP contribution in [0.5, 0.6) is 5.75 Å². The van der Waals surface area contributed by atoms with Crippen molar-refractivity contribution in [2.45, 2.75) is 30.7 Å². The van der Waals surface area contributed by atoms with Crippen molar-refractivity contribution in [2.75, 3.05) is 11.1 Å². The topological polar surface area (TPSA) is 64.1 Å². The molecule has 1 aromatic heterocycles. The highest BCUT2D eigenvalue weighted by atomic mass is 35.5. The minimum atomic E-state index is -0.633. The molecule has 1 atom stereocenters. The molecule has 0 unspecified atom stereocenters. The number of ether oxygens (including phenoxy) is 1. The average molecular weight is 358 g/mol. The summed E-state index contributed by atoms with van der Waals surface area (Å²) in [4.78, 5) is 12.3. The van der Waals surface area contributed by atoms with Crippen LogP contribution in [0.25, 0.3) is 0 Å². The van der Waals surface area contributed by atoms with E-state index in [4.69, 9.17) is 16.3 Å². The minimum Gasteiger partial charge on any atom is -0.479 e. The summed E-state index contributed by atoms with van der Waals surface area (Å²) < 4.78 is 6.52. The Morgan fingerprint density at radius 1 is 1.41 bits per heavy atom. The number of anilines is 1. The number of carbonyl (C=O) groups is 1. The highest BCUT2D eigenvalue weighted by Crippen LogP contribution is 2.27. The zero-order valence-electron chi connectivity index (χ0n) is 12.2. The zero-order chi connectivity index (χ0) is 15.9. The minimum absolute atomic E-state index is 0.258. The molecule has 0 saturated carbocycles. The summed E-state index contributed by atoms with van der Waals surface area (Å²) in [7, 11) is 0. The van der Waals surface area contributed by atoms with Crippen LogP contribution in [0.1, 0.15) is 20.3 Å². The smallest absolute Gasteiger partial charge is 0.267 e. The third-order valence-corrected chi connectivity index (χ3v) is 4.84. The van der Waals surface area contributed by atoms with Gasteiger partial charge in [0.2, 0.25) is 5.13 Å². The van der Waals surface area contributed by atoms with Crippen molar-refractivity contribution in [1.29, 1.82) is 0 Å². The van der Waals surface area contributed by atoms with Gasteiger partial charge in [0.15, 0.2) is 10.4 Å². The summed E-state index contributed by atoms with van der Waals surface area (Å²) in [6, 6.07) is 7.08. The highest BCUT2D eigenvalue weighted by Gasteiger charge is 2.21. The first kappa shape index (κ1) is 17.1. The van der Waals surface area contributed by atoms with Crippen molar-refractivity contribution in [1.82, 2.24) is 10.2 Å². The van der Waals surface area contributed by atoms with E-state index < -0.39 is 6.10 Å². The number of rotatable bonds is 7. The van der Waals surface area contributed by atoms with Crippen LogP contribution < -0.4 is 10.1 Å². The molecule has 1 amide bonds. The van der Waals surface area contributed by atoms with Crippen LogP contribution in [0.4, 0.5) is 5.13 Å². The number of halogens is 1. The maximum Gasteiger partial charge on any atom is 0.267 e. The molecular formula is C14H16ClN3O2S2. The fraction of sp³-hybridized carbons (Fsp3) is 0.357. The Hall–Kier alpha value is -1.31. The standard InChI is InChI=1S/C14H16ClN3O2S2/c1-3-10(20-11-8-6-5-7-9(11)15)12(19)16-13-17-18-14(22-13)21-4-2/h5-8,10H,3-4H2,1-2H3,(H,16,17,19)/t10-/m0/s1. The average Bonchev–Trinajstić information content (AvgIpc) is 2.94. The largest absolute Gasteiger partial charge is 0.479 e. The van der Waals surface area contributed by atoms with Gasteiger partial charge in [0, 0.05) is 0 Å². The van der Waals surface area contributed by atoms with Gasteiger partial charge in [-0.05, 0) is 24.3 Å². The van der Waals surface area contributed by atoms with Gasteiger partial charge >= 0.3 is 0 Å². The molecule has 5 nitrogen and oxygen atoms in total. The van der Waals surface area contributed by atoms with Crippen LogP contribution in [-0.2, 0) is 4.79 Å². The zero-order valence-corrected chi connectivity index (χ0v) is 14.6. The van der Waals surface area contributed by atoms with Crippen molar-refractivity contribution in [3.05, 3.63) is 29.3 Å². The number of benzene rings is 1. The molecule has 8 heteroatoms. The van der Waals surface area contributed by atoms with Crippen LogP contribution in [0, 0.1) is 0 Å². The summed E-state index contributed by atoms with van der Waals surface area (Å²) in [6.07, 6.45) is -0.113. The molecule has 22 heavy (non-hydrogen) atoms. The molecule has 0 spiro atoms. The number of hydrogen-bond acceptors (Lipinski definition) is 6. The summed E-state index contributed by atoms with van der Waals surface area (Å²) in [6.45, 7) is 3.91. The van der Waals surface area contributed by atoms with Gasteiger partial charge in [0.25, 0.3) is 5.91 Å². The Morgan fingerprint density at radius 3 is 2.86 bits per heavy atom. The summed E-state index contributed by atoms with van der Waals surface area (Å²) >= 11 is 8.99. The Morgan fingerprint density at radius 2 is 2.18 bits per heavy atom. The van der Waals surface area contributed by atoms with E-state index in [1.807, 2.05) is 26.0 Å². The molecule has 1 N–H and O–H groups in total. The lowest BCUT2D eigenvalue weighted by atomic mass is 10.2. The van der Waals surface area contributed by atoms with Gasteiger partial charge in [-0.25, -0.2) is 0 Å². The van der Waals surface area contributed by atoms with Crippen molar-refractivity contribution in [2.24, 2.45) is 0 Å². The van der Waals surface area contributed by atoms with Crippen LogP contribution in [0.3, 0.4) is 0 Å². The van der Waals surface area contributed by atoms with Gasteiger partial charge in [-0.3, -0.25) is 10.1 Å². The van der Waals surface area contributed by atoms with Crippen LogP contribution in [-0.4, -0.2) is 28.0 Å². The van der Waals surface area contributed by atoms with Crippen LogP contribution >= 0.6 is 34.7 Å². The van der Waals surface area contributed by atoms with Gasteiger partial charge in [0.1, 0.15) is 5.75 Å². The summed E-state index contributed by atoms with van der Waals surface area (Å²) in [5.41, 5.74) is 0. The molecule has 0 aliphatic rings. The van der Waals surface area contributed by atoms with E-state index in [9.17, 15) is 4.79 Å². The number of carbonyl (C=O) groups excluding carboxylic acids is 1. The SMILES string of the molecule is CCSc1nnc(NC(=O)[C@H](CC)Oc2ccccc2Cl)s1. The molecule has 1 heterocycles. The lowest BCUT2D eigenvalue weighted by Crippen LogP contribution is -2.32. The molecule has 0 aliphatic carbocycles. The number of nitrogens with one attached hydrogen (secondary N) is 1. The van der Waals surface area contributed by atoms with Crippen molar-refractivity contribution in [3.8, 4) is 5.75 Å². The molecule has 2 rings (SSSR count). The molecular weight excluding hydrogens is 342 g/mol. The fourth-order valence-electron chi connectivity index (χ4n) is 1.64. The number of thioether (sulfide) groups is 1. The molecule has 0 saturated heterocycles. The van der Waals surface area contributed by atoms with Crippen molar-refractivity contribution >= 4 is 45.7 Å². The van der Waals surface area contributed by atoms with E-state index in [-0.39, 0.29) is 5.91 Å². The van der Waals surface area contributed by atoms with E-state index in [0.717, 1.165) is 10.1 Å². The van der Waals surface area contributed by atoms with Gasteiger partial charge in [0.05, 0.1) is 5.02 Å².